The largest absolute Gasteiger partial charge is 0.325 e. The van der Waals surface area contributed by atoms with Crippen molar-refractivity contribution >= 4 is 29.4 Å². The van der Waals surface area contributed by atoms with Crippen molar-refractivity contribution in [3.05, 3.63) is 60.2 Å². The lowest BCUT2D eigenvalue weighted by Gasteiger charge is -2.08. The van der Waals surface area contributed by atoms with Crippen LogP contribution in [0.2, 0.25) is 0 Å². The van der Waals surface area contributed by atoms with E-state index >= 15 is 0 Å². The first kappa shape index (κ1) is 19.6. The first-order chi connectivity index (χ1) is 13.5. The molecule has 1 aromatic heterocycles. The Morgan fingerprint density at radius 1 is 1.07 bits per heavy atom. The van der Waals surface area contributed by atoms with Crippen molar-refractivity contribution in [3.8, 4) is 5.69 Å². The number of tetrazole rings is 1. The number of aromatic nitrogens is 4. The second kappa shape index (κ2) is 9.14. The van der Waals surface area contributed by atoms with Gasteiger partial charge >= 0.3 is 6.03 Å². The number of thioether (sulfide) groups is 1. The number of rotatable bonds is 6. The molecule has 28 heavy (non-hydrogen) atoms. The SMILES string of the molecule is CC(C)c1ccc(-n2nnnc2SCC(=O)NC(=O)Nc2ccccc2)cc1. The first-order valence-corrected chi connectivity index (χ1v) is 9.69. The summed E-state index contributed by atoms with van der Waals surface area (Å²) in [4.78, 5) is 23.9. The van der Waals surface area contributed by atoms with Crippen LogP contribution in [0.3, 0.4) is 0 Å². The second-order valence-electron chi connectivity index (χ2n) is 6.28. The zero-order valence-electron chi connectivity index (χ0n) is 15.5. The monoisotopic (exact) mass is 396 g/mol. The van der Waals surface area contributed by atoms with E-state index in [0.29, 0.717) is 16.8 Å². The van der Waals surface area contributed by atoms with Crippen LogP contribution in [0.5, 0.6) is 0 Å². The Balaban J connectivity index is 1.56. The van der Waals surface area contributed by atoms with Gasteiger partial charge in [0.25, 0.3) is 0 Å². The lowest BCUT2D eigenvalue weighted by Crippen LogP contribution is -2.35. The maximum absolute atomic E-state index is 12.0. The van der Waals surface area contributed by atoms with E-state index in [1.807, 2.05) is 30.3 Å². The van der Waals surface area contributed by atoms with Gasteiger partial charge in [0, 0.05) is 5.69 Å². The Morgan fingerprint density at radius 2 is 1.79 bits per heavy atom. The first-order valence-electron chi connectivity index (χ1n) is 8.70. The zero-order chi connectivity index (χ0) is 19.9. The lowest BCUT2D eigenvalue weighted by molar-refractivity contribution is -0.117. The van der Waals surface area contributed by atoms with Crippen molar-refractivity contribution < 1.29 is 9.59 Å². The van der Waals surface area contributed by atoms with Crippen LogP contribution in [0.1, 0.15) is 25.3 Å². The van der Waals surface area contributed by atoms with Gasteiger partial charge in [-0.2, -0.15) is 4.68 Å². The molecule has 0 aliphatic carbocycles. The Bertz CT molecular complexity index is 941. The van der Waals surface area contributed by atoms with E-state index in [1.165, 1.54) is 5.56 Å². The molecule has 0 saturated carbocycles. The van der Waals surface area contributed by atoms with Gasteiger partial charge in [0.15, 0.2) is 0 Å². The molecule has 0 radical (unpaired) electrons. The molecule has 8 nitrogen and oxygen atoms in total. The molecule has 2 N–H and O–H groups in total. The van der Waals surface area contributed by atoms with E-state index in [0.717, 1.165) is 17.4 Å². The average molecular weight is 396 g/mol. The summed E-state index contributed by atoms with van der Waals surface area (Å²) in [6, 6.07) is 16.2. The summed E-state index contributed by atoms with van der Waals surface area (Å²) >= 11 is 1.15. The minimum Gasteiger partial charge on any atom is -0.308 e. The molecule has 3 aromatic rings. The summed E-state index contributed by atoms with van der Waals surface area (Å²) in [5.74, 6) is -0.00207. The van der Waals surface area contributed by atoms with E-state index in [1.54, 1.807) is 28.9 Å². The third kappa shape index (κ3) is 5.17. The van der Waals surface area contributed by atoms with Crippen LogP contribution in [0.25, 0.3) is 5.69 Å². The van der Waals surface area contributed by atoms with Gasteiger partial charge in [-0.05, 0) is 46.2 Å². The highest BCUT2D eigenvalue weighted by atomic mass is 32.2. The van der Waals surface area contributed by atoms with Gasteiger partial charge < -0.3 is 5.32 Å². The molecule has 0 aliphatic heterocycles. The highest BCUT2D eigenvalue weighted by Gasteiger charge is 2.13. The van der Waals surface area contributed by atoms with Crippen LogP contribution in [0.15, 0.2) is 59.8 Å². The number of hydrogen-bond donors (Lipinski definition) is 2. The molecular formula is C19H20N6O2S. The minimum atomic E-state index is -0.583. The van der Waals surface area contributed by atoms with Crippen molar-refractivity contribution in [2.45, 2.75) is 24.9 Å². The van der Waals surface area contributed by atoms with E-state index in [4.69, 9.17) is 0 Å². The highest BCUT2D eigenvalue weighted by molar-refractivity contribution is 7.99. The third-order valence-electron chi connectivity index (χ3n) is 3.86. The average Bonchev–Trinajstić information content (AvgIpc) is 3.15. The van der Waals surface area contributed by atoms with Gasteiger partial charge in [-0.15, -0.1) is 5.10 Å². The molecule has 9 heteroatoms. The maximum atomic E-state index is 12.0. The van der Waals surface area contributed by atoms with E-state index in [-0.39, 0.29) is 5.75 Å². The number of nitrogens with one attached hydrogen (secondary N) is 2. The third-order valence-corrected chi connectivity index (χ3v) is 4.78. The standard InChI is InChI=1S/C19H20N6O2S/c1-13(2)14-8-10-16(11-9-14)25-19(22-23-24-25)28-12-17(26)21-18(27)20-15-6-4-3-5-7-15/h3-11,13H,12H2,1-2H3,(H2,20,21,26,27). The lowest BCUT2D eigenvalue weighted by atomic mass is 10.0. The fraction of sp³-hybridized carbons (Fsp3) is 0.211. The molecular weight excluding hydrogens is 376 g/mol. The summed E-state index contributed by atoms with van der Waals surface area (Å²) in [5, 5.41) is 17.0. The Kier molecular flexibility index (Phi) is 6.38. The number of para-hydroxylation sites is 1. The number of carbonyl (C=O) groups excluding carboxylic acids is 2. The maximum Gasteiger partial charge on any atom is 0.325 e. The fourth-order valence-corrected chi connectivity index (χ4v) is 3.10. The smallest absolute Gasteiger partial charge is 0.308 e. The van der Waals surface area contributed by atoms with Crippen LogP contribution < -0.4 is 10.6 Å². The Morgan fingerprint density at radius 3 is 2.46 bits per heavy atom. The van der Waals surface area contributed by atoms with Crippen LogP contribution in [-0.4, -0.2) is 37.9 Å². The van der Waals surface area contributed by atoms with Crippen molar-refractivity contribution in [2.75, 3.05) is 11.1 Å². The number of amides is 3. The molecule has 0 fully saturated rings. The molecule has 0 atom stereocenters. The number of imide groups is 1. The Labute approximate surface area is 166 Å². The Hall–Kier alpha value is -3.20. The molecule has 0 spiro atoms. The van der Waals surface area contributed by atoms with E-state index < -0.39 is 11.9 Å². The number of anilines is 1. The molecule has 0 bridgehead atoms. The second-order valence-corrected chi connectivity index (χ2v) is 7.22. The highest BCUT2D eigenvalue weighted by Crippen LogP contribution is 2.20. The molecule has 144 valence electrons. The van der Waals surface area contributed by atoms with E-state index in [2.05, 4.69) is 40.0 Å². The molecule has 0 saturated heterocycles. The number of benzene rings is 2. The number of urea groups is 1. The number of carbonyl (C=O) groups is 2. The number of nitrogens with zero attached hydrogens (tertiary/aromatic N) is 4. The predicted molar refractivity (Wildman–Crippen MR) is 108 cm³/mol. The quantitative estimate of drug-likeness (QED) is 0.620. The normalized spacial score (nSPS) is 10.7. The fourth-order valence-electron chi connectivity index (χ4n) is 2.41. The van der Waals surface area contributed by atoms with Gasteiger partial charge in [-0.1, -0.05) is 55.9 Å². The minimum absolute atomic E-state index is 0.00661. The predicted octanol–water partition coefficient (Wildman–Crippen LogP) is 3.23. The zero-order valence-corrected chi connectivity index (χ0v) is 16.3. The molecule has 3 rings (SSSR count). The van der Waals surface area contributed by atoms with Gasteiger partial charge in [0.1, 0.15) is 0 Å². The molecule has 2 aromatic carbocycles. The van der Waals surface area contributed by atoms with Crippen molar-refractivity contribution in [3.63, 3.8) is 0 Å². The molecule has 3 amide bonds. The summed E-state index contributed by atoms with van der Waals surface area (Å²) in [5.41, 5.74) is 2.63. The van der Waals surface area contributed by atoms with Gasteiger partial charge in [-0.25, -0.2) is 4.79 Å². The van der Waals surface area contributed by atoms with Crippen molar-refractivity contribution in [1.29, 1.82) is 0 Å². The summed E-state index contributed by atoms with van der Waals surface area (Å²) in [6.07, 6.45) is 0. The van der Waals surface area contributed by atoms with Crippen molar-refractivity contribution in [1.82, 2.24) is 25.5 Å². The summed E-state index contributed by atoms with van der Waals surface area (Å²) in [6.45, 7) is 4.25. The molecule has 1 heterocycles. The van der Waals surface area contributed by atoms with Crippen LogP contribution in [-0.2, 0) is 4.79 Å². The van der Waals surface area contributed by atoms with Crippen LogP contribution in [0.4, 0.5) is 10.5 Å². The van der Waals surface area contributed by atoms with Gasteiger partial charge in [0.2, 0.25) is 11.1 Å². The topological polar surface area (TPSA) is 102 Å². The van der Waals surface area contributed by atoms with Crippen LogP contribution >= 0.6 is 11.8 Å². The summed E-state index contributed by atoms with van der Waals surface area (Å²) in [7, 11) is 0. The van der Waals surface area contributed by atoms with Crippen molar-refractivity contribution in [2.24, 2.45) is 0 Å². The summed E-state index contributed by atoms with van der Waals surface area (Å²) < 4.78 is 1.56. The van der Waals surface area contributed by atoms with Gasteiger partial charge in [0.05, 0.1) is 11.4 Å². The molecule has 0 aliphatic rings. The number of hydrogen-bond acceptors (Lipinski definition) is 6. The molecule has 0 unspecified atom stereocenters. The van der Waals surface area contributed by atoms with Gasteiger partial charge in [-0.3, -0.25) is 10.1 Å². The van der Waals surface area contributed by atoms with E-state index in [9.17, 15) is 9.59 Å². The van der Waals surface area contributed by atoms with Crippen LogP contribution in [0, 0.1) is 0 Å².